The summed E-state index contributed by atoms with van der Waals surface area (Å²) in [5.74, 6) is -0.158. The summed E-state index contributed by atoms with van der Waals surface area (Å²) < 4.78 is 4.69. The fraction of sp³-hybridized carbons (Fsp3) is 0.0500. The average molecular weight is 319 g/mol. The van der Waals surface area contributed by atoms with Crippen molar-refractivity contribution in [3.63, 3.8) is 0 Å². The second-order valence-electron chi connectivity index (χ2n) is 5.40. The fourth-order valence-electron chi connectivity index (χ4n) is 2.52. The normalized spacial score (nSPS) is 11.0. The largest absolute Gasteiger partial charge is 0.276 e. The third kappa shape index (κ3) is 3.33. The lowest BCUT2D eigenvalue weighted by molar-refractivity contribution is 0.100. The standard InChI is InChI=1S/C20H18NOP/c1-23(18-13-7-3-8-14-18,19-15-9-4-10-16-19)21-20(22)17-11-5-2-6-12-17/h2-16H,1H3. The lowest BCUT2D eigenvalue weighted by atomic mass is 10.2. The van der Waals surface area contributed by atoms with Crippen LogP contribution in [-0.2, 0) is 0 Å². The number of amides is 1. The molecule has 3 heteroatoms. The summed E-state index contributed by atoms with van der Waals surface area (Å²) >= 11 is 0. The minimum Gasteiger partial charge on any atom is -0.267 e. The van der Waals surface area contributed by atoms with Gasteiger partial charge in [0.25, 0.3) is 5.91 Å². The zero-order valence-electron chi connectivity index (χ0n) is 13.0. The van der Waals surface area contributed by atoms with Crippen molar-refractivity contribution in [2.75, 3.05) is 6.66 Å². The molecule has 0 aromatic heterocycles. The summed E-state index contributed by atoms with van der Waals surface area (Å²) in [4.78, 5) is 12.7. The molecule has 0 aliphatic carbocycles. The van der Waals surface area contributed by atoms with Crippen LogP contribution in [0.1, 0.15) is 10.4 Å². The highest BCUT2D eigenvalue weighted by atomic mass is 31.2. The molecule has 0 saturated heterocycles. The lowest BCUT2D eigenvalue weighted by Crippen LogP contribution is -2.16. The van der Waals surface area contributed by atoms with Gasteiger partial charge in [-0.25, -0.2) is 4.74 Å². The molecule has 0 atom stereocenters. The number of carbonyl (C=O) groups is 1. The van der Waals surface area contributed by atoms with Gasteiger partial charge in [-0.15, -0.1) is 0 Å². The van der Waals surface area contributed by atoms with Crippen LogP contribution in [0.3, 0.4) is 0 Å². The van der Waals surface area contributed by atoms with E-state index in [1.807, 2.05) is 66.7 Å². The van der Waals surface area contributed by atoms with Crippen molar-refractivity contribution in [2.45, 2.75) is 0 Å². The molecule has 3 aromatic carbocycles. The van der Waals surface area contributed by atoms with Gasteiger partial charge in [0.2, 0.25) is 0 Å². The molecule has 114 valence electrons. The van der Waals surface area contributed by atoms with Gasteiger partial charge in [-0.05, 0) is 29.4 Å². The molecule has 23 heavy (non-hydrogen) atoms. The lowest BCUT2D eigenvalue weighted by Gasteiger charge is -2.20. The summed E-state index contributed by atoms with van der Waals surface area (Å²) in [7, 11) is -2.12. The molecule has 0 aliphatic rings. The van der Waals surface area contributed by atoms with Crippen LogP contribution in [0.5, 0.6) is 0 Å². The van der Waals surface area contributed by atoms with Crippen molar-refractivity contribution < 1.29 is 4.79 Å². The molecule has 2 nitrogen and oxygen atoms in total. The molecule has 3 rings (SSSR count). The van der Waals surface area contributed by atoms with Crippen LogP contribution in [0.2, 0.25) is 0 Å². The predicted molar refractivity (Wildman–Crippen MR) is 98.2 cm³/mol. The summed E-state index contributed by atoms with van der Waals surface area (Å²) in [5.41, 5.74) is 0.630. The number of carbonyl (C=O) groups excluding carboxylic acids is 1. The van der Waals surface area contributed by atoms with Crippen molar-refractivity contribution in [1.29, 1.82) is 0 Å². The summed E-state index contributed by atoms with van der Waals surface area (Å²) in [5, 5.41) is 2.21. The molecule has 0 unspecified atom stereocenters. The summed E-state index contributed by atoms with van der Waals surface area (Å²) in [6.07, 6.45) is 0. The molecular formula is C20H18NOP. The Kier molecular flexibility index (Phi) is 4.55. The Hall–Kier alpha value is -2.44. The Labute approximate surface area is 136 Å². The van der Waals surface area contributed by atoms with Gasteiger partial charge < -0.3 is 0 Å². The van der Waals surface area contributed by atoms with Crippen LogP contribution in [0, 0.1) is 0 Å². The Morgan fingerprint density at radius 2 is 1.09 bits per heavy atom. The maximum absolute atomic E-state index is 12.7. The van der Waals surface area contributed by atoms with Crippen LogP contribution >= 0.6 is 7.05 Å². The number of hydrogen-bond donors (Lipinski definition) is 0. The molecule has 0 aliphatic heterocycles. The molecular weight excluding hydrogens is 301 g/mol. The van der Waals surface area contributed by atoms with Gasteiger partial charge in [-0.1, -0.05) is 78.9 Å². The molecule has 0 saturated carbocycles. The van der Waals surface area contributed by atoms with Gasteiger partial charge in [0.1, 0.15) is 0 Å². The second-order valence-corrected chi connectivity index (χ2v) is 8.55. The highest BCUT2D eigenvalue weighted by molar-refractivity contribution is 7.80. The van der Waals surface area contributed by atoms with Crippen LogP contribution in [-0.4, -0.2) is 12.6 Å². The Bertz CT molecular complexity index is 799. The van der Waals surface area contributed by atoms with Crippen LogP contribution < -0.4 is 10.6 Å². The molecule has 0 N–H and O–H groups in total. The monoisotopic (exact) mass is 319 g/mol. The topological polar surface area (TPSA) is 29.4 Å². The highest BCUT2D eigenvalue weighted by Crippen LogP contribution is 2.43. The zero-order chi connectivity index (χ0) is 16.1. The summed E-state index contributed by atoms with van der Waals surface area (Å²) in [6, 6.07) is 29.5. The Morgan fingerprint density at radius 1 is 0.696 bits per heavy atom. The molecule has 0 bridgehead atoms. The van der Waals surface area contributed by atoms with E-state index in [2.05, 4.69) is 30.9 Å². The molecule has 3 aromatic rings. The van der Waals surface area contributed by atoms with Crippen molar-refractivity contribution >= 4 is 23.6 Å². The van der Waals surface area contributed by atoms with Crippen molar-refractivity contribution in [1.82, 2.24) is 0 Å². The second kappa shape index (κ2) is 6.76. The van der Waals surface area contributed by atoms with E-state index in [1.54, 1.807) is 0 Å². The van der Waals surface area contributed by atoms with E-state index in [9.17, 15) is 4.79 Å². The minimum atomic E-state index is -2.12. The minimum absolute atomic E-state index is 0.158. The van der Waals surface area contributed by atoms with Crippen molar-refractivity contribution in [3.05, 3.63) is 96.6 Å². The quantitative estimate of drug-likeness (QED) is 0.662. The van der Waals surface area contributed by atoms with E-state index in [4.69, 9.17) is 4.74 Å². The van der Waals surface area contributed by atoms with Gasteiger partial charge >= 0.3 is 0 Å². The van der Waals surface area contributed by atoms with E-state index in [1.165, 1.54) is 0 Å². The van der Waals surface area contributed by atoms with E-state index < -0.39 is 7.05 Å². The van der Waals surface area contributed by atoms with Gasteiger partial charge in [0.15, 0.2) is 0 Å². The number of rotatable bonds is 3. The predicted octanol–water partition coefficient (Wildman–Crippen LogP) is 4.31. The maximum Gasteiger partial charge on any atom is 0.276 e. The van der Waals surface area contributed by atoms with E-state index in [-0.39, 0.29) is 5.91 Å². The molecule has 0 heterocycles. The van der Waals surface area contributed by atoms with Gasteiger partial charge in [-0.3, -0.25) is 4.79 Å². The van der Waals surface area contributed by atoms with Gasteiger partial charge in [-0.2, -0.15) is 0 Å². The van der Waals surface area contributed by atoms with Gasteiger partial charge in [0.05, 0.1) is 0 Å². The number of nitrogens with zero attached hydrogens (tertiary/aromatic N) is 1. The SMILES string of the molecule is CP(=NC(=O)c1ccccc1)(c1ccccc1)c1ccccc1. The maximum atomic E-state index is 12.7. The third-order valence-electron chi connectivity index (χ3n) is 3.83. The fourth-order valence-corrected chi connectivity index (χ4v) is 5.03. The number of hydrogen-bond acceptors (Lipinski definition) is 1. The van der Waals surface area contributed by atoms with E-state index >= 15 is 0 Å². The first-order valence-electron chi connectivity index (χ1n) is 7.50. The van der Waals surface area contributed by atoms with Crippen LogP contribution in [0.25, 0.3) is 0 Å². The zero-order valence-corrected chi connectivity index (χ0v) is 13.9. The average Bonchev–Trinajstić information content (AvgIpc) is 2.64. The first-order chi connectivity index (χ1) is 11.2. The van der Waals surface area contributed by atoms with E-state index in [0.717, 1.165) is 10.6 Å². The van der Waals surface area contributed by atoms with Crippen molar-refractivity contribution in [2.24, 2.45) is 4.74 Å². The third-order valence-corrected chi connectivity index (χ3v) is 7.02. The molecule has 0 spiro atoms. The highest BCUT2D eigenvalue weighted by Gasteiger charge is 2.20. The smallest absolute Gasteiger partial charge is 0.267 e. The van der Waals surface area contributed by atoms with Crippen LogP contribution in [0.15, 0.2) is 95.7 Å². The molecule has 0 radical (unpaired) electrons. The summed E-state index contributed by atoms with van der Waals surface area (Å²) in [6.45, 7) is 2.10. The van der Waals surface area contributed by atoms with E-state index in [0.29, 0.717) is 5.56 Å². The Morgan fingerprint density at radius 3 is 1.52 bits per heavy atom. The molecule has 1 amide bonds. The molecule has 0 fully saturated rings. The number of benzene rings is 3. The van der Waals surface area contributed by atoms with Crippen LogP contribution in [0.4, 0.5) is 0 Å². The van der Waals surface area contributed by atoms with Gasteiger partial charge in [0, 0.05) is 12.6 Å². The first kappa shape index (κ1) is 15.5. The Balaban J connectivity index is 2.17. The van der Waals surface area contributed by atoms with Crippen molar-refractivity contribution in [3.8, 4) is 0 Å². The first-order valence-corrected chi connectivity index (χ1v) is 9.69.